The molecule has 0 aromatic carbocycles. The summed E-state index contributed by atoms with van der Waals surface area (Å²) in [6.45, 7) is -0.447. The molecule has 0 aliphatic heterocycles. The molecule has 2 rings (SSSR count). The molecule has 0 fully saturated rings. The van der Waals surface area contributed by atoms with E-state index in [0.29, 0.717) is 5.95 Å². The molecular weight excluding hydrogens is 254 g/mol. The lowest BCUT2D eigenvalue weighted by molar-refractivity contribution is 0.0825. The van der Waals surface area contributed by atoms with E-state index in [1.807, 2.05) is 0 Å². The number of aromatic nitrogens is 4. The zero-order valence-electron chi connectivity index (χ0n) is 10.5. The first-order valence-corrected chi connectivity index (χ1v) is 5.65. The molecule has 9 heteroatoms. The quantitative estimate of drug-likeness (QED) is 0.500. The molecule has 0 amide bonds. The molecule has 0 spiro atoms. The van der Waals surface area contributed by atoms with E-state index < -0.39 is 24.0 Å². The molecule has 0 saturated heterocycles. The summed E-state index contributed by atoms with van der Waals surface area (Å²) in [6, 6.07) is 0. The highest BCUT2D eigenvalue weighted by atomic mass is 16.3. The number of nitrogens with zero attached hydrogens (tertiary/aromatic N) is 3. The molecule has 0 saturated carbocycles. The van der Waals surface area contributed by atoms with E-state index >= 15 is 0 Å². The van der Waals surface area contributed by atoms with Crippen LogP contribution in [0.15, 0.2) is 9.59 Å². The van der Waals surface area contributed by atoms with Gasteiger partial charge in [0.05, 0.1) is 19.3 Å². The maximum absolute atomic E-state index is 11.9. The van der Waals surface area contributed by atoms with Crippen LogP contribution < -0.4 is 16.6 Å². The molecule has 0 aliphatic rings. The number of H-pyrrole nitrogens is 1. The molecule has 2 aromatic rings. The number of hydrogen-bond donors (Lipinski definition) is 4. The van der Waals surface area contributed by atoms with E-state index in [2.05, 4.69) is 15.3 Å². The third kappa shape index (κ3) is 2.13. The molecule has 0 bridgehead atoms. The number of imidazole rings is 1. The molecule has 4 N–H and O–H groups in total. The van der Waals surface area contributed by atoms with Gasteiger partial charge in [0.25, 0.3) is 5.56 Å². The lowest BCUT2D eigenvalue weighted by atomic mass is 10.3. The van der Waals surface area contributed by atoms with Crippen molar-refractivity contribution in [3.63, 3.8) is 0 Å². The maximum atomic E-state index is 11.9. The zero-order chi connectivity index (χ0) is 14.2. The monoisotopic (exact) mass is 269 g/mol. The second-order valence-corrected chi connectivity index (χ2v) is 4.12. The zero-order valence-corrected chi connectivity index (χ0v) is 10.5. The van der Waals surface area contributed by atoms with Crippen molar-refractivity contribution in [1.29, 1.82) is 0 Å². The number of aliphatic hydroxyl groups excluding tert-OH is 2. The minimum atomic E-state index is -1.03. The Hall–Kier alpha value is -2.13. The van der Waals surface area contributed by atoms with Crippen LogP contribution in [0.4, 0.5) is 5.95 Å². The Labute approximate surface area is 107 Å². The van der Waals surface area contributed by atoms with Gasteiger partial charge in [-0.1, -0.05) is 0 Å². The highest BCUT2D eigenvalue weighted by Gasteiger charge is 2.18. The van der Waals surface area contributed by atoms with Gasteiger partial charge in [-0.15, -0.1) is 0 Å². The molecule has 2 heterocycles. The number of aromatic amines is 1. The number of aliphatic hydroxyl groups is 2. The molecule has 2 aromatic heterocycles. The van der Waals surface area contributed by atoms with Crippen LogP contribution in [0.2, 0.25) is 0 Å². The predicted molar refractivity (Wildman–Crippen MR) is 68.2 cm³/mol. The van der Waals surface area contributed by atoms with Crippen molar-refractivity contribution in [1.82, 2.24) is 19.1 Å². The van der Waals surface area contributed by atoms with Gasteiger partial charge < -0.3 is 20.1 Å². The van der Waals surface area contributed by atoms with E-state index in [0.717, 1.165) is 0 Å². The van der Waals surface area contributed by atoms with Gasteiger partial charge in [-0.25, -0.2) is 4.79 Å². The Bertz CT molecular complexity index is 713. The summed E-state index contributed by atoms with van der Waals surface area (Å²) in [5.41, 5.74) is -0.771. The van der Waals surface area contributed by atoms with Gasteiger partial charge in [0.1, 0.15) is 0 Å². The summed E-state index contributed by atoms with van der Waals surface area (Å²) in [6.07, 6.45) is -1.03. The van der Waals surface area contributed by atoms with Gasteiger partial charge in [0.2, 0.25) is 5.95 Å². The summed E-state index contributed by atoms with van der Waals surface area (Å²) < 4.78 is 2.63. The minimum absolute atomic E-state index is 0.00947. The van der Waals surface area contributed by atoms with Crippen molar-refractivity contribution in [2.45, 2.75) is 12.6 Å². The van der Waals surface area contributed by atoms with Crippen LogP contribution in [0.25, 0.3) is 11.2 Å². The maximum Gasteiger partial charge on any atom is 0.329 e. The lowest BCUT2D eigenvalue weighted by Crippen LogP contribution is -2.30. The number of anilines is 1. The Balaban J connectivity index is 2.78. The predicted octanol–water partition coefficient (Wildman–Crippen LogP) is -2.18. The summed E-state index contributed by atoms with van der Waals surface area (Å²) in [4.78, 5) is 29.7. The molecule has 1 atom stereocenters. The van der Waals surface area contributed by atoms with Gasteiger partial charge in [0, 0.05) is 14.1 Å². The summed E-state index contributed by atoms with van der Waals surface area (Å²) in [7, 11) is 3.09. The number of fused-ring (bicyclic) bond motifs is 1. The molecule has 9 nitrogen and oxygen atoms in total. The molecular formula is C10H15N5O4. The van der Waals surface area contributed by atoms with Crippen LogP contribution >= 0.6 is 0 Å². The van der Waals surface area contributed by atoms with Gasteiger partial charge in [-0.2, -0.15) is 4.98 Å². The molecule has 0 unspecified atom stereocenters. The fourth-order valence-electron chi connectivity index (χ4n) is 1.87. The van der Waals surface area contributed by atoms with Crippen molar-refractivity contribution in [3.05, 3.63) is 20.8 Å². The van der Waals surface area contributed by atoms with Gasteiger partial charge in [-0.3, -0.25) is 14.3 Å². The van der Waals surface area contributed by atoms with Crippen molar-refractivity contribution in [3.8, 4) is 0 Å². The fraction of sp³-hybridized carbons (Fsp3) is 0.500. The van der Waals surface area contributed by atoms with Crippen LogP contribution in [0.3, 0.4) is 0 Å². The van der Waals surface area contributed by atoms with E-state index in [4.69, 9.17) is 5.11 Å². The van der Waals surface area contributed by atoms with E-state index in [-0.39, 0.29) is 17.7 Å². The third-order valence-corrected chi connectivity index (χ3v) is 2.83. The Morgan fingerprint density at radius 1 is 1.47 bits per heavy atom. The molecule has 104 valence electrons. The van der Waals surface area contributed by atoms with Crippen molar-refractivity contribution in [2.24, 2.45) is 7.05 Å². The molecule has 0 radical (unpaired) electrons. The van der Waals surface area contributed by atoms with E-state index in [1.165, 1.54) is 16.2 Å². The Morgan fingerprint density at radius 2 is 2.16 bits per heavy atom. The van der Waals surface area contributed by atoms with Gasteiger partial charge in [-0.05, 0) is 0 Å². The average molecular weight is 269 g/mol. The molecule has 0 aliphatic carbocycles. The topological polar surface area (TPSA) is 125 Å². The Kier molecular flexibility index (Phi) is 3.40. The Morgan fingerprint density at radius 3 is 2.74 bits per heavy atom. The first kappa shape index (κ1) is 13.3. The van der Waals surface area contributed by atoms with Gasteiger partial charge >= 0.3 is 5.69 Å². The number of nitrogens with one attached hydrogen (secondary N) is 2. The fourth-order valence-corrected chi connectivity index (χ4v) is 1.87. The normalized spacial score (nSPS) is 12.8. The standard InChI is InChI=1S/C10H15N5O4/c1-11-9-12-7-6(15(9)3-5(17)4-16)8(18)13-10(19)14(7)2/h5,16-17H,3-4H2,1-2H3,(H,11,12)(H,13,18,19)/t5-/m1/s1. The SMILES string of the molecule is CNc1nc2c(c(=O)[nH]c(=O)n2C)n1C[C@@H](O)CO. The highest BCUT2D eigenvalue weighted by Crippen LogP contribution is 2.15. The first-order chi connectivity index (χ1) is 8.99. The number of hydrogen-bond acceptors (Lipinski definition) is 6. The third-order valence-electron chi connectivity index (χ3n) is 2.83. The smallest absolute Gasteiger partial charge is 0.329 e. The second-order valence-electron chi connectivity index (χ2n) is 4.12. The average Bonchev–Trinajstić information content (AvgIpc) is 2.75. The van der Waals surface area contributed by atoms with Crippen molar-refractivity contribution < 1.29 is 10.2 Å². The largest absolute Gasteiger partial charge is 0.394 e. The summed E-state index contributed by atoms with van der Waals surface area (Å²) >= 11 is 0. The van der Waals surface area contributed by atoms with Crippen molar-refractivity contribution in [2.75, 3.05) is 19.0 Å². The van der Waals surface area contributed by atoms with Gasteiger partial charge in [0.15, 0.2) is 11.2 Å². The summed E-state index contributed by atoms with van der Waals surface area (Å²) in [5.74, 6) is 0.328. The van der Waals surface area contributed by atoms with E-state index in [1.54, 1.807) is 7.05 Å². The minimum Gasteiger partial charge on any atom is -0.394 e. The van der Waals surface area contributed by atoms with Crippen LogP contribution in [0.1, 0.15) is 0 Å². The second kappa shape index (κ2) is 4.86. The molecule has 19 heavy (non-hydrogen) atoms. The number of aryl methyl sites for hydroxylation is 1. The van der Waals surface area contributed by atoms with Crippen LogP contribution in [-0.4, -0.2) is 49.1 Å². The number of rotatable bonds is 4. The lowest BCUT2D eigenvalue weighted by Gasteiger charge is -2.11. The first-order valence-electron chi connectivity index (χ1n) is 5.65. The highest BCUT2D eigenvalue weighted by molar-refractivity contribution is 5.74. The summed E-state index contributed by atoms with van der Waals surface area (Å²) in [5, 5.41) is 21.2. The van der Waals surface area contributed by atoms with E-state index in [9.17, 15) is 14.7 Å². The van der Waals surface area contributed by atoms with Crippen LogP contribution in [-0.2, 0) is 13.6 Å². The van der Waals surface area contributed by atoms with Crippen molar-refractivity contribution >= 4 is 17.1 Å². The van der Waals surface area contributed by atoms with Crippen LogP contribution in [0.5, 0.6) is 0 Å². The van der Waals surface area contributed by atoms with Crippen LogP contribution in [0, 0.1) is 0 Å².